The molecule has 2 aromatic carbocycles. The molecule has 1 aliphatic heterocycles. The van der Waals surface area contributed by atoms with Crippen LogP contribution >= 0.6 is 0 Å². The van der Waals surface area contributed by atoms with E-state index >= 15 is 0 Å². The fourth-order valence-electron chi connectivity index (χ4n) is 4.57. The van der Waals surface area contributed by atoms with Gasteiger partial charge in [-0.25, -0.2) is 4.39 Å². The average molecular weight is 417 g/mol. The lowest BCUT2D eigenvalue weighted by Crippen LogP contribution is -2.27. The predicted molar refractivity (Wildman–Crippen MR) is 120 cm³/mol. The monoisotopic (exact) mass is 417 g/mol. The van der Waals surface area contributed by atoms with Gasteiger partial charge in [-0.2, -0.15) is 0 Å². The highest BCUT2D eigenvalue weighted by atomic mass is 19.1. The first kappa shape index (κ1) is 19.7. The summed E-state index contributed by atoms with van der Waals surface area (Å²) >= 11 is 0. The molecule has 0 saturated carbocycles. The van der Waals surface area contributed by atoms with Crippen molar-refractivity contribution < 1.29 is 9.50 Å². The van der Waals surface area contributed by atoms with Crippen molar-refractivity contribution in [3.8, 4) is 16.8 Å². The van der Waals surface area contributed by atoms with Crippen molar-refractivity contribution >= 4 is 10.9 Å². The average Bonchev–Trinajstić information content (AvgIpc) is 3.04. The number of pyridine rings is 1. The van der Waals surface area contributed by atoms with Crippen LogP contribution in [0.3, 0.4) is 0 Å². The maximum absolute atomic E-state index is 14.4. The summed E-state index contributed by atoms with van der Waals surface area (Å²) in [6.07, 6.45) is 2.71. The number of aliphatic hydroxyl groups is 1. The molecule has 0 saturated heterocycles. The molecule has 3 heterocycles. The number of hydrogen-bond acceptors (Lipinski definition) is 3. The first-order valence-electron chi connectivity index (χ1n) is 10.4. The largest absolute Gasteiger partial charge is 0.392 e. The van der Waals surface area contributed by atoms with E-state index in [0.717, 1.165) is 30.7 Å². The molecule has 0 radical (unpaired) electrons. The first-order chi connectivity index (χ1) is 15.0. The normalized spacial score (nSPS) is 14.2. The van der Waals surface area contributed by atoms with Crippen LogP contribution in [0.2, 0.25) is 0 Å². The fourth-order valence-corrected chi connectivity index (χ4v) is 4.57. The Balaban J connectivity index is 1.56. The summed E-state index contributed by atoms with van der Waals surface area (Å²) in [7, 11) is 4.21. The molecular formula is C25H24FN3O2. The standard InChI is InChI=1S/C25H24FN3O2/c1-27-9-8-21-20-6-4-18(13-23(20)28(2)24(21)14-27)29-10-7-17(12-25(29)31)19-5-3-16(15-30)11-22(19)26/h3-7,10-13,30H,8-9,14-15H2,1-2H3. The zero-order valence-electron chi connectivity index (χ0n) is 17.6. The van der Waals surface area contributed by atoms with Gasteiger partial charge in [-0.1, -0.05) is 18.2 Å². The van der Waals surface area contributed by atoms with E-state index in [0.29, 0.717) is 16.7 Å². The van der Waals surface area contributed by atoms with Gasteiger partial charge in [0, 0.05) is 49.0 Å². The molecule has 1 aliphatic rings. The van der Waals surface area contributed by atoms with E-state index in [1.165, 1.54) is 28.8 Å². The van der Waals surface area contributed by atoms with Crippen molar-refractivity contribution in [1.29, 1.82) is 0 Å². The SMILES string of the molecule is CN1CCc2c(n(C)c3cc(-n4ccc(-c5ccc(CO)cc5F)cc4=O)ccc23)C1. The Morgan fingerprint density at radius 1 is 1.06 bits per heavy atom. The zero-order valence-corrected chi connectivity index (χ0v) is 17.6. The lowest BCUT2D eigenvalue weighted by molar-refractivity contribution is 0.281. The second-order valence-corrected chi connectivity index (χ2v) is 8.27. The van der Waals surface area contributed by atoms with Gasteiger partial charge < -0.3 is 14.6 Å². The van der Waals surface area contributed by atoms with Crippen molar-refractivity contribution in [2.24, 2.45) is 7.05 Å². The third-order valence-electron chi connectivity index (χ3n) is 6.31. The van der Waals surface area contributed by atoms with Gasteiger partial charge in [0.2, 0.25) is 0 Å². The number of halogens is 1. The summed E-state index contributed by atoms with van der Waals surface area (Å²) in [5.41, 5.74) is 5.75. The molecule has 2 aromatic heterocycles. The maximum Gasteiger partial charge on any atom is 0.255 e. The van der Waals surface area contributed by atoms with Crippen LogP contribution in [0, 0.1) is 5.82 Å². The zero-order chi connectivity index (χ0) is 21.7. The van der Waals surface area contributed by atoms with Crippen LogP contribution < -0.4 is 5.56 Å². The van der Waals surface area contributed by atoms with Crippen LogP contribution in [0.1, 0.15) is 16.8 Å². The molecule has 31 heavy (non-hydrogen) atoms. The van der Waals surface area contributed by atoms with Crippen LogP contribution in [0.4, 0.5) is 4.39 Å². The Hall–Kier alpha value is -3.22. The summed E-state index contributed by atoms with van der Waals surface area (Å²) in [5, 5.41) is 10.4. The van der Waals surface area contributed by atoms with Gasteiger partial charge in [0.15, 0.2) is 0 Å². The molecule has 6 heteroatoms. The molecular weight excluding hydrogens is 393 g/mol. The number of hydrogen-bond donors (Lipinski definition) is 1. The summed E-state index contributed by atoms with van der Waals surface area (Å²) in [5.74, 6) is -0.454. The van der Waals surface area contributed by atoms with Gasteiger partial charge >= 0.3 is 0 Å². The number of benzene rings is 2. The maximum atomic E-state index is 14.4. The van der Waals surface area contributed by atoms with Gasteiger partial charge in [0.25, 0.3) is 5.56 Å². The lowest BCUT2D eigenvalue weighted by atomic mass is 10.0. The molecule has 5 rings (SSSR count). The van der Waals surface area contributed by atoms with E-state index < -0.39 is 5.82 Å². The number of aryl methyl sites for hydroxylation is 1. The topological polar surface area (TPSA) is 50.4 Å². The van der Waals surface area contributed by atoms with Crippen molar-refractivity contribution in [2.75, 3.05) is 13.6 Å². The highest BCUT2D eigenvalue weighted by molar-refractivity contribution is 5.87. The second kappa shape index (κ2) is 7.48. The van der Waals surface area contributed by atoms with Crippen LogP contribution in [0.25, 0.3) is 27.7 Å². The molecule has 0 unspecified atom stereocenters. The Morgan fingerprint density at radius 2 is 1.90 bits per heavy atom. The van der Waals surface area contributed by atoms with E-state index in [4.69, 9.17) is 5.11 Å². The molecule has 0 fully saturated rings. The smallest absolute Gasteiger partial charge is 0.255 e. The number of fused-ring (bicyclic) bond motifs is 3. The summed E-state index contributed by atoms with van der Waals surface area (Å²) in [6, 6.07) is 13.9. The van der Waals surface area contributed by atoms with Crippen molar-refractivity contribution in [1.82, 2.24) is 14.0 Å². The third-order valence-corrected chi connectivity index (χ3v) is 6.31. The number of nitrogens with zero attached hydrogens (tertiary/aromatic N) is 3. The number of rotatable bonds is 3. The first-order valence-corrected chi connectivity index (χ1v) is 10.4. The number of aromatic nitrogens is 2. The molecule has 0 atom stereocenters. The minimum atomic E-state index is -0.454. The summed E-state index contributed by atoms with van der Waals surface area (Å²) in [4.78, 5) is 15.2. The van der Waals surface area contributed by atoms with Gasteiger partial charge in [0.1, 0.15) is 5.82 Å². The molecule has 5 nitrogen and oxygen atoms in total. The highest BCUT2D eigenvalue weighted by Gasteiger charge is 2.21. The van der Waals surface area contributed by atoms with Gasteiger partial charge in [-0.15, -0.1) is 0 Å². The molecule has 0 bridgehead atoms. The molecule has 0 aliphatic carbocycles. The van der Waals surface area contributed by atoms with Crippen molar-refractivity contribution in [3.05, 3.63) is 87.7 Å². The Bertz CT molecular complexity index is 1370. The van der Waals surface area contributed by atoms with Crippen molar-refractivity contribution in [3.63, 3.8) is 0 Å². The Morgan fingerprint density at radius 3 is 2.65 bits per heavy atom. The van der Waals surface area contributed by atoms with E-state index in [1.54, 1.807) is 29.0 Å². The fraction of sp³-hybridized carbons (Fsp3) is 0.240. The van der Waals surface area contributed by atoms with E-state index in [1.807, 2.05) is 12.1 Å². The Kier molecular flexibility index (Phi) is 4.76. The second-order valence-electron chi connectivity index (χ2n) is 8.27. The molecule has 0 spiro atoms. The number of aliphatic hydroxyl groups excluding tert-OH is 1. The van der Waals surface area contributed by atoms with Crippen LogP contribution in [0.5, 0.6) is 0 Å². The van der Waals surface area contributed by atoms with Gasteiger partial charge in [-0.05, 0) is 54.4 Å². The van der Waals surface area contributed by atoms with Gasteiger partial charge in [-0.3, -0.25) is 9.36 Å². The summed E-state index contributed by atoms with van der Waals surface area (Å²) in [6.45, 7) is 1.75. The van der Waals surface area contributed by atoms with E-state index in [9.17, 15) is 9.18 Å². The van der Waals surface area contributed by atoms with E-state index in [2.05, 4.69) is 29.6 Å². The van der Waals surface area contributed by atoms with Crippen molar-refractivity contribution in [2.45, 2.75) is 19.6 Å². The quantitative estimate of drug-likeness (QED) is 0.554. The van der Waals surface area contributed by atoms with Gasteiger partial charge in [0.05, 0.1) is 17.8 Å². The van der Waals surface area contributed by atoms with Crippen LogP contribution in [-0.4, -0.2) is 32.7 Å². The van der Waals surface area contributed by atoms with Crippen LogP contribution in [0.15, 0.2) is 59.5 Å². The molecule has 1 N–H and O–H groups in total. The van der Waals surface area contributed by atoms with E-state index in [-0.39, 0.29) is 12.2 Å². The highest BCUT2D eigenvalue weighted by Crippen LogP contribution is 2.31. The minimum Gasteiger partial charge on any atom is -0.392 e. The molecule has 0 amide bonds. The predicted octanol–water partition coefficient (Wildman–Crippen LogP) is 3.62. The lowest BCUT2D eigenvalue weighted by Gasteiger charge is -2.23. The minimum absolute atomic E-state index is 0.221. The summed E-state index contributed by atoms with van der Waals surface area (Å²) < 4.78 is 18.2. The Labute approximate surface area is 179 Å². The third kappa shape index (κ3) is 3.28. The molecule has 158 valence electrons. The number of likely N-dealkylation sites (N-methyl/N-ethyl adjacent to an activating group) is 1. The molecule has 4 aromatic rings. The van der Waals surface area contributed by atoms with Crippen LogP contribution in [-0.2, 0) is 26.6 Å².